The minimum absolute atomic E-state index is 0.0608. The van der Waals surface area contributed by atoms with Crippen LogP contribution in [0.2, 0.25) is 0 Å². The number of benzene rings is 1. The standard InChI is InChI=1S/C27H32N4O4S/c1-17(2)12-27(35-25(33)34)13-20(21-14-28-10-11-30-21)23(22-15-29-16-36-22)31(27)24(32)18-6-8-19(9-7-18)26(3,4)5/h6-11,14-17,20,23H,12-13H2,1-5H3,(H,33,34)/t20-,23-,27+/m1/s1. The smallest absolute Gasteiger partial charge is 0.450 e. The lowest BCUT2D eigenvalue weighted by Crippen LogP contribution is -2.51. The zero-order chi connectivity index (χ0) is 26.1. The second-order valence-corrected chi connectivity index (χ2v) is 11.6. The van der Waals surface area contributed by atoms with Crippen LogP contribution in [0.5, 0.6) is 0 Å². The Kier molecular flexibility index (Phi) is 7.13. The first-order chi connectivity index (χ1) is 17.0. The number of rotatable bonds is 6. The summed E-state index contributed by atoms with van der Waals surface area (Å²) < 4.78 is 5.68. The van der Waals surface area contributed by atoms with Gasteiger partial charge >= 0.3 is 6.16 Å². The van der Waals surface area contributed by atoms with Crippen molar-refractivity contribution in [2.75, 3.05) is 0 Å². The van der Waals surface area contributed by atoms with Crippen molar-refractivity contribution in [2.24, 2.45) is 5.92 Å². The molecule has 0 aliphatic carbocycles. The number of carbonyl (C=O) groups excluding carboxylic acids is 1. The maximum absolute atomic E-state index is 14.3. The first-order valence-electron chi connectivity index (χ1n) is 12.0. The van der Waals surface area contributed by atoms with Gasteiger partial charge in [0.1, 0.15) is 0 Å². The van der Waals surface area contributed by atoms with E-state index in [1.807, 2.05) is 38.1 Å². The van der Waals surface area contributed by atoms with Crippen LogP contribution < -0.4 is 0 Å². The van der Waals surface area contributed by atoms with Crippen molar-refractivity contribution in [3.05, 3.63) is 76.3 Å². The van der Waals surface area contributed by atoms with Crippen molar-refractivity contribution in [2.45, 2.75) is 70.6 Å². The molecular formula is C27H32N4O4S. The molecule has 1 fully saturated rings. The Morgan fingerprint density at radius 3 is 2.42 bits per heavy atom. The van der Waals surface area contributed by atoms with E-state index in [1.54, 1.807) is 35.2 Å². The summed E-state index contributed by atoms with van der Waals surface area (Å²) in [6.45, 7) is 10.3. The van der Waals surface area contributed by atoms with Gasteiger partial charge in [-0.1, -0.05) is 46.8 Å². The van der Waals surface area contributed by atoms with Crippen LogP contribution in [-0.2, 0) is 10.2 Å². The van der Waals surface area contributed by atoms with Gasteiger partial charge in [0.2, 0.25) is 0 Å². The van der Waals surface area contributed by atoms with Gasteiger partial charge in [0.15, 0.2) is 5.72 Å². The summed E-state index contributed by atoms with van der Waals surface area (Å²) >= 11 is 1.42. The van der Waals surface area contributed by atoms with Crippen LogP contribution >= 0.6 is 11.3 Å². The van der Waals surface area contributed by atoms with Gasteiger partial charge in [-0.2, -0.15) is 0 Å². The summed E-state index contributed by atoms with van der Waals surface area (Å²) in [5, 5.41) is 9.82. The number of carbonyl (C=O) groups is 2. The van der Waals surface area contributed by atoms with Crippen LogP contribution in [0.3, 0.4) is 0 Å². The first-order valence-corrected chi connectivity index (χ1v) is 12.9. The van der Waals surface area contributed by atoms with Crippen LogP contribution in [0, 0.1) is 5.92 Å². The fourth-order valence-electron chi connectivity index (χ4n) is 5.13. The van der Waals surface area contributed by atoms with Crippen LogP contribution in [0.4, 0.5) is 4.79 Å². The minimum Gasteiger partial charge on any atom is -0.450 e. The Labute approximate surface area is 215 Å². The number of thiazole rings is 1. The van der Waals surface area contributed by atoms with E-state index in [9.17, 15) is 14.7 Å². The number of hydrogen-bond donors (Lipinski definition) is 1. The maximum Gasteiger partial charge on any atom is 0.507 e. The summed E-state index contributed by atoms with van der Waals surface area (Å²) in [6.07, 6.45) is 5.80. The van der Waals surface area contributed by atoms with E-state index < -0.39 is 17.9 Å². The number of aromatic nitrogens is 3. The lowest BCUT2D eigenvalue weighted by atomic mass is 9.86. The van der Waals surface area contributed by atoms with Gasteiger partial charge in [0.05, 0.1) is 17.2 Å². The number of likely N-dealkylation sites (tertiary alicyclic amines) is 1. The van der Waals surface area contributed by atoms with Gasteiger partial charge in [0.25, 0.3) is 5.91 Å². The molecule has 36 heavy (non-hydrogen) atoms. The summed E-state index contributed by atoms with van der Waals surface area (Å²) in [7, 11) is 0. The third kappa shape index (κ3) is 5.11. The van der Waals surface area contributed by atoms with E-state index in [4.69, 9.17) is 4.74 Å². The van der Waals surface area contributed by atoms with Crippen LogP contribution in [0.15, 0.2) is 54.6 Å². The normalized spacial score (nSPS) is 22.1. The highest BCUT2D eigenvalue weighted by molar-refractivity contribution is 7.09. The van der Waals surface area contributed by atoms with Crippen LogP contribution in [0.1, 0.15) is 85.9 Å². The molecule has 3 heterocycles. The van der Waals surface area contributed by atoms with E-state index in [0.717, 1.165) is 10.4 Å². The molecule has 190 valence electrons. The Morgan fingerprint density at radius 2 is 1.89 bits per heavy atom. The van der Waals surface area contributed by atoms with E-state index in [-0.39, 0.29) is 29.6 Å². The number of amides is 1. The highest BCUT2D eigenvalue weighted by atomic mass is 32.1. The van der Waals surface area contributed by atoms with Gasteiger partial charge in [0, 0.05) is 54.0 Å². The van der Waals surface area contributed by atoms with Crippen molar-refractivity contribution in [3.63, 3.8) is 0 Å². The molecule has 0 saturated carbocycles. The predicted octanol–water partition coefficient (Wildman–Crippen LogP) is 6.04. The summed E-state index contributed by atoms with van der Waals surface area (Å²) in [5.41, 5.74) is 2.52. The van der Waals surface area contributed by atoms with E-state index in [1.165, 1.54) is 11.3 Å². The molecule has 8 nitrogen and oxygen atoms in total. The average molecular weight is 509 g/mol. The Morgan fingerprint density at radius 1 is 1.17 bits per heavy atom. The quantitative estimate of drug-likeness (QED) is 0.405. The molecule has 1 aliphatic rings. The second-order valence-electron chi connectivity index (χ2n) is 10.7. The molecular weight excluding hydrogens is 476 g/mol. The third-order valence-electron chi connectivity index (χ3n) is 6.56. The molecule has 9 heteroatoms. The molecule has 3 atom stereocenters. The first kappa shape index (κ1) is 25.8. The van der Waals surface area contributed by atoms with Crippen molar-refractivity contribution >= 4 is 23.4 Å². The molecule has 1 N–H and O–H groups in total. The van der Waals surface area contributed by atoms with Crippen molar-refractivity contribution in [3.8, 4) is 0 Å². The highest BCUT2D eigenvalue weighted by Crippen LogP contribution is 2.55. The lowest BCUT2D eigenvalue weighted by Gasteiger charge is -2.40. The monoisotopic (exact) mass is 508 g/mol. The lowest BCUT2D eigenvalue weighted by molar-refractivity contribution is -0.108. The SMILES string of the molecule is CC(C)C[C@]1(OC(=O)O)C[C@H](c2cnccn2)[C@H](c2cncs2)N1C(=O)c1ccc(C(C)(C)C)cc1. The molecule has 1 aromatic carbocycles. The molecule has 0 spiro atoms. The number of nitrogens with zero attached hydrogens (tertiary/aromatic N) is 4. The average Bonchev–Trinajstić information content (AvgIpc) is 3.44. The Hall–Kier alpha value is -3.33. The van der Waals surface area contributed by atoms with Crippen molar-refractivity contribution < 1.29 is 19.4 Å². The number of hydrogen-bond acceptors (Lipinski definition) is 7. The van der Waals surface area contributed by atoms with Crippen LogP contribution in [0.25, 0.3) is 0 Å². The fraction of sp³-hybridized carbons (Fsp3) is 0.444. The summed E-state index contributed by atoms with van der Waals surface area (Å²) in [4.78, 5) is 41.8. The fourth-order valence-corrected chi connectivity index (χ4v) is 5.90. The predicted molar refractivity (Wildman–Crippen MR) is 137 cm³/mol. The third-order valence-corrected chi connectivity index (χ3v) is 7.41. The molecule has 1 aliphatic heterocycles. The van der Waals surface area contributed by atoms with Gasteiger partial charge < -0.3 is 9.84 Å². The zero-order valence-corrected chi connectivity index (χ0v) is 22.0. The summed E-state index contributed by atoms with van der Waals surface area (Å²) in [6, 6.07) is 7.01. The largest absolute Gasteiger partial charge is 0.507 e. The van der Waals surface area contributed by atoms with E-state index in [0.29, 0.717) is 17.7 Å². The van der Waals surface area contributed by atoms with Gasteiger partial charge in [-0.25, -0.2) is 4.79 Å². The van der Waals surface area contributed by atoms with Crippen LogP contribution in [-0.4, -0.2) is 42.7 Å². The highest BCUT2D eigenvalue weighted by Gasteiger charge is 2.58. The zero-order valence-electron chi connectivity index (χ0n) is 21.2. The molecule has 1 saturated heterocycles. The molecule has 4 rings (SSSR count). The molecule has 0 bridgehead atoms. The van der Waals surface area contributed by atoms with Gasteiger partial charge in [-0.15, -0.1) is 11.3 Å². The maximum atomic E-state index is 14.3. The Bertz CT molecular complexity index is 1190. The second kappa shape index (κ2) is 9.97. The molecule has 1 amide bonds. The molecule has 0 radical (unpaired) electrons. The van der Waals surface area contributed by atoms with E-state index in [2.05, 4.69) is 35.7 Å². The van der Waals surface area contributed by atoms with Gasteiger partial charge in [-0.05, 0) is 29.0 Å². The minimum atomic E-state index is -1.42. The Balaban J connectivity index is 1.89. The number of ether oxygens (including phenoxy) is 1. The van der Waals surface area contributed by atoms with Crippen molar-refractivity contribution in [1.82, 2.24) is 19.9 Å². The summed E-state index contributed by atoms with van der Waals surface area (Å²) in [5.74, 6) is -0.553. The topological polar surface area (TPSA) is 106 Å². The van der Waals surface area contributed by atoms with E-state index >= 15 is 0 Å². The number of carboxylic acid groups (broad SMARTS) is 1. The van der Waals surface area contributed by atoms with Gasteiger partial charge in [-0.3, -0.25) is 24.6 Å². The molecule has 0 unspecified atom stereocenters. The molecule has 2 aromatic heterocycles. The molecule has 3 aromatic rings. The van der Waals surface area contributed by atoms with Crippen molar-refractivity contribution in [1.29, 1.82) is 0 Å².